The average molecular weight is 135 g/mol. The highest BCUT2D eigenvalue weighted by atomic mass is 16.5. The second kappa shape index (κ2) is 2.62. The Bertz CT molecular complexity index is 86.7. The van der Waals surface area contributed by atoms with Crippen LogP contribution in [-0.2, 0) is 0 Å². The van der Waals surface area contributed by atoms with E-state index in [2.05, 4.69) is 0 Å². The summed E-state index contributed by atoms with van der Waals surface area (Å²) in [7, 11) is 0. The van der Waals surface area contributed by atoms with E-state index in [1.165, 1.54) is 0 Å². The predicted molar refractivity (Wildman–Crippen MR) is 32.2 cm³/mol. The minimum atomic E-state index is -2.46. The first-order chi connectivity index (χ1) is 3.85. The summed E-state index contributed by atoms with van der Waals surface area (Å²) in [5.41, 5.74) is 4.74. The first-order valence-electron chi connectivity index (χ1n) is 2.77. The van der Waals surface area contributed by atoms with Gasteiger partial charge in [0.05, 0.1) is 0 Å². The van der Waals surface area contributed by atoms with Crippen LogP contribution in [0.3, 0.4) is 0 Å². The fraction of sp³-hybridized carbons (Fsp3) is 1.00. The monoisotopic (exact) mass is 135 g/mol. The highest BCUT2D eigenvalue weighted by Gasteiger charge is 2.30. The molecule has 0 saturated carbocycles. The normalized spacial score (nSPS) is 16.3. The van der Waals surface area contributed by atoms with Gasteiger partial charge in [-0.1, -0.05) is 13.8 Å². The van der Waals surface area contributed by atoms with E-state index in [9.17, 15) is 0 Å². The van der Waals surface area contributed by atoms with E-state index >= 15 is 0 Å². The molecule has 0 radical (unpaired) electrons. The van der Waals surface area contributed by atoms with E-state index in [0.29, 0.717) is 0 Å². The predicted octanol–water partition coefficient (Wildman–Crippen LogP) is -1.40. The molecule has 0 aromatic carbocycles. The molecule has 0 aliphatic rings. The third-order valence-corrected chi connectivity index (χ3v) is 1.07. The third kappa shape index (κ3) is 2.76. The Morgan fingerprint density at radius 1 is 1.33 bits per heavy atom. The van der Waals surface area contributed by atoms with Gasteiger partial charge in [0.1, 0.15) is 6.10 Å². The number of nitrogens with two attached hydrogens (primary N) is 1. The zero-order chi connectivity index (χ0) is 7.65. The first-order valence-corrected chi connectivity index (χ1v) is 2.77. The van der Waals surface area contributed by atoms with Gasteiger partial charge in [0.25, 0.3) is 0 Å². The lowest BCUT2D eigenvalue weighted by molar-refractivity contribution is -0.231. The lowest BCUT2D eigenvalue weighted by Gasteiger charge is -2.25. The molecular weight excluding hydrogens is 122 g/mol. The topological polar surface area (TPSA) is 86.7 Å². The SMILES string of the molecule is CC(C)C(O)C(N)(O)O. The first kappa shape index (κ1) is 8.84. The molecule has 4 heteroatoms. The highest BCUT2D eigenvalue weighted by Crippen LogP contribution is 2.08. The van der Waals surface area contributed by atoms with Crippen LogP contribution in [0.25, 0.3) is 0 Å². The van der Waals surface area contributed by atoms with Crippen LogP contribution in [0.2, 0.25) is 0 Å². The Morgan fingerprint density at radius 3 is 1.67 bits per heavy atom. The molecule has 0 rings (SSSR count). The maximum atomic E-state index is 8.84. The van der Waals surface area contributed by atoms with Crippen molar-refractivity contribution in [1.82, 2.24) is 0 Å². The molecule has 0 aliphatic carbocycles. The molecule has 56 valence electrons. The van der Waals surface area contributed by atoms with Crippen LogP contribution >= 0.6 is 0 Å². The van der Waals surface area contributed by atoms with Gasteiger partial charge in [-0.15, -0.1) is 0 Å². The van der Waals surface area contributed by atoms with Crippen molar-refractivity contribution in [3.05, 3.63) is 0 Å². The van der Waals surface area contributed by atoms with Crippen LogP contribution in [0.4, 0.5) is 0 Å². The molecule has 4 nitrogen and oxygen atoms in total. The van der Waals surface area contributed by atoms with Crippen molar-refractivity contribution in [3.63, 3.8) is 0 Å². The van der Waals surface area contributed by atoms with E-state index in [1.54, 1.807) is 13.8 Å². The van der Waals surface area contributed by atoms with E-state index in [0.717, 1.165) is 0 Å². The zero-order valence-electron chi connectivity index (χ0n) is 5.57. The van der Waals surface area contributed by atoms with Gasteiger partial charge in [-0.05, 0) is 5.92 Å². The van der Waals surface area contributed by atoms with Crippen LogP contribution in [-0.4, -0.2) is 27.3 Å². The average Bonchev–Trinajstić information content (AvgIpc) is 1.62. The summed E-state index contributed by atoms with van der Waals surface area (Å²) in [5, 5.41) is 25.9. The molecule has 5 N–H and O–H groups in total. The van der Waals surface area contributed by atoms with Gasteiger partial charge in [0, 0.05) is 0 Å². The summed E-state index contributed by atoms with van der Waals surface area (Å²) in [6.45, 7) is 3.28. The molecule has 0 amide bonds. The quantitative estimate of drug-likeness (QED) is 0.351. The molecule has 0 aromatic rings. The van der Waals surface area contributed by atoms with Gasteiger partial charge in [0.15, 0.2) is 0 Å². The Hall–Kier alpha value is -0.160. The van der Waals surface area contributed by atoms with Crippen molar-refractivity contribution < 1.29 is 15.3 Å². The molecule has 0 aliphatic heterocycles. The molecule has 0 saturated heterocycles. The van der Waals surface area contributed by atoms with Crippen molar-refractivity contribution in [2.45, 2.75) is 25.9 Å². The van der Waals surface area contributed by atoms with Gasteiger partial charge in [-0.3, -0.25) is 5.73 Å². The van der Waals surface area contributed by atoms with Crippen LogP contribution in [0.1, 0.15) is 13.8 Å². The number of aliphatic hydroxyl groups is 3. The van der Waals surface area contributed by atoms with Gasteiger partial charge in [-0.25, -0.2) is 0 Å². The Balaban J connectivity index is 3.88. The minimum Gasteiger partial charge on any atom is -0.386 e. The van der Waals surface area contributed by atoms with Crippen LogP contribution < -0.4 is 5.73 Å². The summed E-state index contributed by atoms with van der Waals surface area (Å²) in [6.07, 6.45) is -1.29. The number of hydrogen-bond acceptors (Lipinski definition) is 4. The molecule has 1 atom stereocenters. The van der Waals surface area contributed by atoms with Gasteiger partial charge >= 0.3 is 0 Å². The lowest BCUT2D eigenvalue weighted by atomic mass is 10.1. The van der Waals surface area contributed by atoms with E-state index < -0.39 is 12.0 Å². The Labute approximate surface area is 53.9 Å². The maximum absolute atomic E-state index is 8.84. The van der Waals surface area contributed by atoms with Crippen molar-refractivity contribution in [1.29, 1.82) is 0 Å². The molecule has 1 unspecified atom stereocenters. The molecule has 9 heavy (non-hydrogen) atoms. The molecular formula is C5H13NO3. The Kier molecular flexibility index (Phi) is 2.57. The van der Waals surface area contributed by atoms with Crippen molar-refractivity contribution in [2.75, 3.05) is 0 Å². The summed E-state index contributed by atoms with van der Waals surface area (Å²) < 4.78 is 0. The maximum Gasteiger partial charge on any atom is 0.247 e. The van der Waals surface area contributed by atoms with Gasteiger partial charge in [-0.2, -0.15) is 0 Å². The summed E-state index contributed by atoms with van der Waals surface area (Å²) in [4.78, 5) is 0. The second-order valence-corrected chi connectivity index (χ2v) is 2.47. The van der Waals surface area contributed by atoms with E-state index in [4.69, 9.17) is 21.1 Å². The summed E-state index contributed by atoms with van der Waals surface area (Å²) in [5.74, 6) is -2.72. The minimum absolute atomic E-state index is 0.259. The van der Waals surface area contributed by atoms with Crippen molar-refractivity contribution >= 4 is 0 Å². The lowest BCUT2D eigenvalue weighted by Crippen LogP contribution is -2.52. The zero-order valence-corrected chi connectivity index (χ0v) is 5.57. The third-order valence-electron chi connectivity index (χ3n) is 1.07. The van der Waals surface area contributed by atoms with E-state index in [-0.39, 0.29) is 5.92 Å². The van der Waals surface area contributed by atoms with Crippen molar-refractivity contribution in [3.8, 4) is 0 Å². The van der Waals surface area contributed by atoms with Gasteiger partial charge < -0.3 is 15.3 Å². The fourth-order valence-corrected chi connectivity index (χ4v) is 0.491. The van der Waals surface area contributed by atoms with Gasteiger partial charge in [0.2, 0.25) is 5.91 Å². The standard InChI is InChI=1S/C5H13NO3/c1-3(2)4(7)5(6,8)9/h3-4,7-9H,6H2,1-2H3. The molecule has 0 bridgehead atoms. The molecule has 0 aromatic heterocycles. The van der Waals surface area contributed by atoms with Crippen LogP contribution in [0.5, 0.6) is 0 Å². The number of rotatable bonds is 2. The fourth-order valence-electron chi connectivity index (χ4n) is 0.491. The largest absolute Gasteiger partial charge is 0.386 e. The van der Waals surface area contributed by atoms with Crippen LogP contribution in [0, 0.1) is 5.92 Å². The number of hydrogen-bond donors (Lipinski definition) is 4. The van der Waals surface area contributed by atoms with Crippen molar-refractivity contribution in [2.24, 2.45) is 11.7 Å². The molecule has 0 heterocycles. The molecule has 0 fully saturated rings. The smallest absolute Gasteiger partial charge is 0.247 e. The summed E-state index contributed by atoms with van der Waals surface area (Å²) in [6, 6.07) is 0. The second-order valence-electron chi connectivity index (χ2n) is 2.47. The van der Waals surface area contributed by atoms with Crippen LogP contribution in [0.15, 0.2) is 0 Å². The molecule has 0 spiro atoms. The summed E-state index contributed by atoms with van der Waals surface area (Å²) >= 11 is 0. The highest BCUT2D eigenvalue weighted by molar-refractivity contribution is 4.70. The number of aliphatic hydroxyl groups excluding tert-OH is 1. The van der Waals surface area contributed by atoms with E-state index in [1.807, 2.05) is 0 Å². The Morgan fingerprint density at radius 2 is 1.67 bits per heavy atom.